The van der Waals surface area contributed by atoms with Gasteiger partial charge in [0.1, 0.15) is 5.82 Å². The van der Waals surface area contributed by atoms with E-state index in [0.29, 0.717) is 6.54 Å². The Morgan fingerprint density at radius 1 is 1.32 bits per heavy atom. The third-order valence-electron chi connectivity index (χ3n) is 2.74. The van der Waals surface area contributed by atoms with Crippen molar-refractivity contribution in [3.05, 3.63) is 34.6 Å². The average Bonchev–Trinajstić information content (AvgIpc) is 2.42. The number of benzene rings is 1. The number of nitrogens with one attached hydrogen (secondary N) is 2. The van der Waals surface area contributed by atoms with E-state index in [1.165, 1.54) is 18.9 Å². The highest BCUT2D eigenvalue weighted by atomic mass is 35.5. The molecule has 0 spiro atoms. The lowest BCUT2D eigenvalue weighted by atomic mass is 10.2. The quantitative estimate of drug-likeness (QED) is 0.478. The molecular formula is C14H21ClFN3. The van der Waals surface area contributed by atoms with E-state index in [0.717, 1.165) is 24.5 Å². The molecule has 5 heteroatoms. The van der Waals surface area contributed by atoms with Crippen molar-refractivity contribution in [2.24, 2.45) is 4.99 Å². The Balaban J connectivity index is 2.38. The summed E-state index contributed by atoms with van der Waals surface area (Å²) in [6, 6.07) is 4.70. The Morgan fingerprint density at radius 2 is 2.11 bits per heavy atom. The fraction of sp³-hybridized carbons (Fsp3) is 0.500. The molecule has 0 aliphatic heterocycles. The summed E-state index contributed by atoms with van der Waals surface area (Å²) >= 11 is 5.73. The van der Waals surface area contributed by atoms with Crippen LogP contribution in [0.5, 0.6) is 0 Å². The molecule has 0 radical (unpaired) electrons. The summed E-state index contributed by atoms with van der Waals surface area (Å²) in [4.78, 5) is 4.13. The second-order valence-corrected chi connectivity index (χ2v) is 4.72. The van der Waals surface area contributed by atoms with E-state index in [2.05, 4.69) is 22.5 Å². The van der Waals surface area contributed by atoms with Crippen molar-refractivity contribution < 1.29 is 4.39 Å². The first-order valence-electron chi connectivity index (χ1n) is 6.55. The molecule has 0 aliphatic carbocycles. The monoisotopic (exact) mass is 285 g/mol. The first kappa shape index (κ1) is 15.8. The van der Waals surface area contributed by atoms with Gasteiger partial charge in [0.15, 0.2) is 5.96 Å². The molecule has 3 nitrogen and oxygen atoms in total. The summed E-state index contributed by atoms with van der Waals surface area (Å²) in [7, 11) is 1.73. The zero-order valence-electron chi connectivity index (χ0n) is 11.5. The second-order valence-electron chi connectivity index (χ2n) is 4.31. The van der Waals surface area contributed by atoms with Crippen LogP contribution in [-0.2, 0) is 6.54 Å². The summed E-state index contributed by atoms with van der Waals surface area (Å²) in [5, 5.41) is 6.54. The Morgan fingerprint density at radius 3 is 2.74 bits per heavy atom. The summed E-state index contributed by atoms with van der Waals surface area (Å²) in [6.45, 7) is 3.64. The van der Waals surface area contributed by atoms with Gasteiger partial charge in [-0.1, -0.05) is 37.4 Å². The van der Waals surface area contributed by atoms with Crippen LogP contribution in [0.4, 0.5) is 4.39 Å². The van der Waals surface area contributed by atoms with Crippen LogP contribution in [0.15, 0.2) is 23.2 Å². The molecule has 2 N–H and O–H groups in total. The maximum Gasteiger partial charge on any atom is 0.191 e. The van der Waals surface area contributed by atoms with Gasteiger partial charge in [0.2, 0.25) is 0 Å². The fourth-order valence-corrected chi connectivity index (χ4v) is 1.84. The minimum absolute atomic E-state index is 0.144. The third-order valence-corrected chi connectivity index (χ3v) is 3.03. The largest absolute Gasteiger partial charge is 0.356 e. The van der Waals surface area contributed by atoms with Crippen molar-refractivity contribution in [2.45, 2.75) is 32.7 Å². The first-order chi connectivity index (χ1) is 9.17. The summed E-state index contributed by atoms with van der Waals surface area (Å²) in [6.07, 6.45) is 3.53. The highest BCUT2D eigenvalue weighted by molar-refractivity contribution is 6.30. The molecule has 0 amide bonds. The van der Waals surface area contributed by atoms with Crippen LogP contribution in [0, 0.1) is 5.82 Å². The molecule has 0 saturated carbocycles. The van der Waals surface area contributed by atoms with Crippen molar-refractivity contribution in [1.82, 2.24) is 10.6 Å². The van der Waals surface area contributed by atoms with E-state index >= 15 is 0 Å². The van der Waals surface area contributed by atoms with Gasteiger partial charge in [-0.2, -0.15) is 0 Å². The third kappa shape index (κ3) is 5.92. The Hall–Kier alpha value is -1.29. The van der Waals surface area contributed by atoms with Gasteiger partial charge in [-0.05, 0) is 24.1 Å². The summed E-state index contributed by atoms with van der Waals surface area (Å²) in [5.74, 6) is 0.351. The van der Waals surface area contributed by atoms with E-state index in [1.807, 2.05) is 0 Å². The number of nitrogens with zero attached hydrogens (tertiary/aromatic N) is 1. The molecule has 106 valence electrons. The Kier molecular flexibility index (Phi) is 7.26. The van der Waals surface area contributed by atoms with Crippen LogP contribution in [0.2, 0.25) is 5.02 Å². The van der Waals surface area contributed by atoms with Gasteiger partial charge in [-0.3, -0.25) is 4.99 Å². The van der Waals surface area contributed by atoms with Crippen LogP contribution in [0.1, 0.15) is 31.7 Å². The minimum Gasteiger partial charge on any atom is -0.356 e. The Labute approximate surface area is 119 Å². The van der Waals surface area contributed by atoms with Gasteiger partial charge in [0.05, 0.1) is 5.02 Å². The lowest BCUT2D eigenvalue weighted by molar-refractivity contribution is 0.627. The molecule has 0 saturated heterocycles. The maximum absolute atomic E-state index is 13.0. The predicted octanol–water partition coefficient (Wildman–Crippen LogP) is 3.33. The highest BCUT2D eigenvalue weighted by Gasteiger charge is 2.02. The van der Waals surface area contributed by atoms with Crippen molar-refractivity contribution in [3.8, 4) is 0 Å². The smallest absolute Gasteiger partial charge is 0.191 e. The van der Waals surface area contributed by atoms with E-state index in [-0.39, 0.29) is 5.02 Å². The lowest BCUT2D eigenvalue weighted by Gasteiger charge is -2.12. The Bertz CT molecular complexity index is 421. The van der Waals surface area contributed by atoms with Crippen LogP contribution < -0.4 is 10.6 Å². The number of unbranched alkanes of at least 4 members (excludes halogenated alkanes) is 2. The SMILES string of the molecule is CCCCCNC(=NC)NCc1ccc(F)c(Cl)c1. The predicted molar refractivity (Wildman–Crippen MR) is 79.1 cm³/mol. The van der Waals surface area contributed by atoms with E-state index < -0.39 is 5.82 Å². The number of halogens is 2. The molecular weight excluding hydrogens is 265 g/mol. The second kappa shape index (κ2) is 8.75. The van der Waals surface area contributed by atoms with Crippen molar-refractivity contribution in [1.29, 1.82) is 0 Å². The standard InChI is InChI=1S/C14H21ClFN3/c1-3-4-5-8-18-14(17-2)19-10-11-6-7-13(16)12(15)9-11/h6-7,9H,3-5,8,10H2,1-2H3,(H2,17,18,19). The normalized spacial score (nSPS) is 11.5. The average molecular weight is 286 g/mol. The van der Waals surface area contributed by atoms with Gasteiger partial charge < -0.3 is 10.6 Å². The molecule has 1 aromatic rings. The molecule has 0 atom stereocenters. The molecule has 19 heavy (non-hydrogen) atoms. The van der Waals surface area contributed by atoms with Crippen LogP contribution in [0.25, 0.3) is 0 Å². The van der Waals surface area contributed by atoms with E-state index in [9.17, 15) is 4.39 Å². The van der Waals surface area contributed by atoms with Crippen LogP contribution >= 0.6 is 11.6 Å². The zero-order valence-corrected chi connectivity index (χ0v) is 12.2. The van der Waals surface area contributed by atoms with Crippen molar-refractivity contribution in [3.63, 3.8) is 0 Å². The number of hydrogen-bond acceptors (Lipinski definition) is 1. The maximum atomic E-state index is 13.0. The molecule has 0 heterocycles. The van der Waals surface area contributed by atoms with E-state index in [4.69, 9.17) is 11.6 Å². The number of rotatable bonds is 6. The highest BCUT2D eigenvalue weighted by Crippen LogP contribution is 2.15. The van der Waals surface area contributed by atoms with Gasteiger partial charge >= 0.3 is 0 Å². The molecule has 1 aromatic carbocycles. The molecule has 0 unspecified atom stereocenters. The molecule has 0 aliphatic rings. The number of aliphatic imine (C=N–C) groups is 1. The summed E-state index contributed by atoms with van der Waals surface area (Å²) < 4.78 is 13.0. The molecule has 0 aromatic heterocycles. The zero-order chi connectivity index (χ0) is 14.1. The number of hydrogen-bond donors (Lipinski definition) is 2. The van der Waals surface area contributed by atoms with Gasteiger partial charge in [-0.25, -0.2) is 4.39 Å². The molecule has 0 fully saturated rings. The van der Waals surface area contributed by atoms with Gasteiger partial charge in [0, 0.05) is 20.1 Å². The minimum atomic E-state index is -0.396. The lowest BCUT2D eigenvalue weighted by Crippen LogP contribution is -2.37. The van der Waals surface area contributed by atoms with Crippen molar-refractivity contribution in [2.75, 3.05) is 13.6 Å². The fourth-order valence-electron chi connectivity index (χ4n) is 1.64. The molecule has 0 bridgehead atoms. The van der Waals surface area contributed by atoms with Crippen LogP contribution in [-0.4, -0.2) is 19.6 Å². The van der Waals surface area contributed by atoms with Crippen LogP contribution in [0.3, 0.4) is 0 Å². The van der Waals surface area contributed by atoms with E-state index in [1.54, 1.807) is 19.2 Å². The summed E-state index contributed by atoms with van der Waals surface area (Å²) in [5.41, 5.74) is 0.919. The topological polar surface area (TPSA) is 36.4 Å². The van der Waals surface area contributed by atoms with Gasteiger partial charge in [-0.15, -0.1) is 0 Å². The first-order valence-corrected chi connectivity index (χ1v) is 6.93. The number of guanidine groups is 1. The molecule has 1 rings (SSSR count). The van der Waals surface area contributed by atoms with Gasteiger partial charge in [0.25, 0.3) is 0 Å². The van der Waals surface area contributed by atoms with Crippen molar-refractivity contribution >= 4 is 17.6 Å².